The molecule has 3 aromatic rings. The maximum absolute atomic E-state index is 6.29. The summed E-state index contributed by atoms with van der Waals surface area (Å²) in [7, 11) is 0. The molecule has 1 unspecified atom stereocenters. The molecule has 3 rings (SSSR count). The van der Waals surface area contributed by atoms with Gasteiger partial charge in [0.25, 0.3) is 0 Å². The van der Waals surface area contributed by atoms with E-state index in [1.807, 2.05) is 54.6 Å². The molecule has 19 heavy (non-hydrogen) atoms. The SMILES string of the molecule is NC(c1ccc(Cl)cc1)c1ccc2cccnc2c1. The number of aromatic nitrogens is 1. The summed E-state index contributed by atoms with van der Waals surface area (Å²) in [4.78, 5) is 4.36. The fraction of sp³-hybridized carbons (Fsp3) is 0.0625. The van der Waals surface area contributed by atoms with E-state index in [2.05, 4.69) is 4.98 Å². The van der Waals surface area contributed by atoms with E-state index in [9.17, 15) is 0 Å². The fourth-order valence-corrected chi connectivity index (χ4v) is 2.27. The third-order valence-corrected chi connectivity index (χ3v) is 3.47. The van der Waals surface area contributed by atoms with Gasteiger partial charge in [-0.25, -0.2) is 0 Å². The number of halogens is 1. The van der Waals surface area contributed by atoms with Crippen LogP contribution in [0.5, 0.6) is 0 Å². The van der Waals surface area contributed by atoms with E-state index >= 15 is 0 Å². The van der Waals surface area contributed by atoms with Gasteiger partial charge in [0.15, 0.2) is 0 Å². The van der Waals surface area contributed by atoms with Crippen LogP contribution in [0.1, 0.15) is 17.2 Å². The Morgan fingerprint density at radius 3 is 2.47 bits per heavy atom. The van der Waals surface area contributed by atoms with Crippen molar-refractivity contribution in [3.63, 3.8) is 0 Å². The molecule has 0 aliphatic rings. The molecule has 0 fully saturated rings. The summed E-state index contributed by atoms with van der Waals surface area (Å²) in [6, 6.07) is 17.6. The number of pyridine rings is 1. The van der Waals surface area contributed by atoms with Crippen LogP contribution in [0.3, 0.4) is 0 Å². The van der Waals surface area contributed by atoms with Crippen molar-refractivity contribution in [2.24, 2.45) is 5.73 Å². The fourth-order valence-electron chi connectivity index (χ4n) is 2.14. The van der Waals surface area contributed by atoms with Gasteiger partial charge in [-0.05, 0) is 35.4 Å². The van der Waals surface area contributed by atoms with Gasteiger partial charge in [0, 0.05) is 16.6 Å². The predicted octanol–water partition coefficient (Wildman–Crippen LogP) is 3.94. The van der Waals surface area contributed by atoms with Crippen LogP contribution in [0.4, 0.5) is 0 Å². The topological polar surface area (TPSA) is 38.9 Å². The monoisotopic (exact) mass is 268 g/mol. The van der Waals surface area contributed by atoms with Gasteiger partial charge in [-0.1, -0.05) is 41.9 Å². The summed E-state index contributed by atoms with van der Waals surface area (Å²) >= 11 is 5.89. The Morgan fingerprint density at radius 1 is 0.947 bits per heavy atom. The molecule has 0 amide bonds. The highest BCUT2D eigenvalue weighted by atomic mass is 35.5. The molecule has 0 spiro atoms. The molecule has 1 aromatic heterocycles. The van der Waals surface area contributed by atoms with Crippen molar-refractivity contribution in [3.05, 3.63) is 76.9 Å². The summed E-state index contributed by atoms with van der Waals surface area (Å²) in [5.41, 5.74) is 9.34. The quantitative estimate of drug-likeness (QED) is 0.765. The molecule has 0 aliphatic heterocycles. The van der Waals surface area contributed by atoms with Gasteiger partial charge in [-0.3, -0.25) is 4.98 Å². The van der Waals surface area contributed by atoms with Gasteiger partial charge in [0.2, 0.25) is 0 Å². The van der Waals surface area contributed by atoms with Gasteiger partial charge in [0.1, 0.15) is 0 Å². The maximum atomic E-state index is 6.29. The Labute approximate surface area is 116 Å². The normalized spacial score (nSPS) is 12.5. The lowest BCUT2D eigenvalue weighted by Crippen LogP contribution is -2.11. The average molecular weight is 269 g/mol. The first kappa shape index (κ1) is 12.2. The third kappa shape index (κ3) is 2.46. The van der Waals surface area contributed by atoms with E-state index in [0.29, 0.717) is 0 Å². The van der Waals surface area contributed by atoms with Gasteiger partial charge >= 0.3 is 0 Å². The highest BCUT2D eigenvalue weighted by Crippen LogP contribution is 2.23. The second-order valence-corrected chi connectivity index (χ2v) is 4.92. The lowest BCUT2D eigenvalue weighted by molar-refractivity contribution is 0.873. The van der Waals surface area contributed by atoms with Crippen LogP contribution in [0.15, 0.2) is 60.8 Å². The number of nitrogens with two attached hydrogens (primary N) is 1. The minimum absolute atomic E-state index is 0.163. The van der Waals surface area contributed by atoms with Crippen LogP contribution in [0.25, 0.3) is 10.9 Å². The van der Waals surface area contributed by atoms with Crippen molar-refractivity contribution in [3.8, 4) is 0 Å². The number of benzene rings is 2. The summed E-state index contributed by atoms with van der Waals surface area (Å²) in [6.45, 7) is 0. The molecule has 0 radical (unpaired) electrons. The molecule has 2 aromatic carbocycles. The third-order valence-electron chi connectivity index (χ3n) is 3.22. The minimum Gasteiger partial charge on any atom is -0.320 e. The van der Waals surface area contributed by atoms with Crippen molar-refractivity contribution in [2.45, 2.75) is 6.04 Å². The Hall–Kier alpha value is -1.90. The Morgan fingerprint density at radius 2 is 1.68 bits per heavy atom. The lowest BCUT2D eigenvalue weighted by Gasteiger charge is -2.13. The van der Waals surface area contributed by atoms with Crippen molar-refractivity contribution >= 4 is 22.5 Å². The Kier molecular flexibility index (Phi) is 3.20. The molecule has 2 N–H and O–H groups in total. The smallest absolute Gasteiger partial charge is 0.0705 e. The van der Waals surface area contributed by atoms with E-state index in [4.69, 9.17) is 17.3 Å². The molecule has 2 nitrogen and oxygen atoms in total. The number of rotatable bonds is 2. The van der Waals surface area contributed by atoms with Gasteiger partial charge in [0.05, 0.1) is 11.6 Å². The zero-order valence-corrected chi connectivity index (χ0v) is 11.0. The van der Waals surface area contributed by atoms with Crippen LogP contribution >= 0.6 is 11.6 Å². The minimum atomic E-state index is -0.163. The van der Waals surface area contributed by atoms with E-state index in [0.717, 1.165) is 27.1 Å². The van der Waals surface area contributed by atoms with Crippen LogP contribution in [0, 0.1) is 0 Å². The molecule has 1 atom stereocenters. The Balaban J connectivity index is 2.01. The lowest BCUT2D eigenvalue weighted by atomic mass is 9.98. The largest absolute Gasteiger partial charge is 0.320 e. The molecule has 1 heterocycles. The highest BCUT2D eigenvalue weighted by molar-refractivity contribution is 6.30. The first-order chi connectivity index (χ1) is 9.24. The van der Waals surface area contributed by atoms with Crippen LogP contribution in [-0.4, -0.2) is 4.98 Å². The average Bonchev–Trinajstić information content (AvgIpc) is 2.47. The molecule has 0 bridgehead atoms. The van der Waals surface area contributed by atoms with Crippen LogP contribution in [0.2, 0.25) is 5.02 Å². The first-order valence-corrected chi connectivity index (χ1v) is 6.47. The molecular weight excluding hydrogens is 256 g/mol. The van der Waals surface area contributed by atoms with Crippen molar-refractivity contribution < 1.29 is 0 Å². The van der Waals surface area contributed by atoms with Crippen molar-refractivity contribution in [2.75, 3.05) is 0 Å². The summed E-state index contributed by atoms with van der Waals surface area (Å²) in [6.07, 6.45) is 1.79. The molecule has 0 saturated heterocycles. The number of hydrogen-bond donors (Lipinski definition) is 1. The van der Waals surface area contributed by atoms with E-state index in [-0.39, 0.29) is 6.04 Å². The van der Waals surface area contributed by atoms with Crippen LogP contribution < -0.4 is 5.73 Å². The molecule has 0 aliphatic carbocycles. The molecular formula is C16H13ClN2. The predicted molar refractivity (Wildman–Crippen MR) is 79.2 cm³/mol. The molecule has 0 saturated carbocycles. The summed E-state index contributed by atoms with van der Waals surface area (Å²) in [5, 5.41) is 1.84. The number of hydrogen-bond acceptors (Lipinski definition) is 2. The zero-order chi connectivity index (χ0) is 13.2. The van der Waals surface area contributed by atoms with Gasteiger partial charge in [-0.15, -0.1) is 0 Å². The van der Waals surface area contributed by atoms with Crippen molar-refractivity contribution in [1.29, 1.82) is 0 Å². The number of nitrogens with zero attached hydrogens (tertiary/aromatic N) is 1. The Bertz CT molecular complexity index is 707. The van der Waals surface area contributed by atoms with E-state index < -0.39 is 0 Å². The second kappa shape index (κ2) is 5.00. The van der Waals surface area contributed by atoms with Gasteiger partial charge in [-0.2, -0.15) is 0 Å². The summed E-state index contributed by atoms with van der Waals surface area (Å²) in [5.74, 6) is 0. The maximum Gasteiger partial charge on any atom is 0.0705 e. The van der Waals surface area contributed by atoms with Crippen LogP contribution in [-0.2, 0) is 0 Å². The number of fused-ring (bicyclic) bond motifs is 1. The van der Waals surface area contributed by atoms with Gasteiger partial charge < -0.3 is 5.73 Å². The van der Waals surface area contributed by atoms with Crippen molar-refractivity contribution in [1.82, 2.24) is 4.98 Å². The van der Waals surface area contributed by atoms with E-state index in [1.165, 1.54) is 0 Å². The molecule has 94 valence electrons. The van der Waals surface area contributed by atoms with E-state index in [1.54, 1.807) is 6.20 Å². The molecule has 3 heteroatoms. The summed E-state index contributed by atoms with van der Waals surface area (Å²) < 4.78 is 0. The second-order valence-electron chi connectivity index (χ2n) is 4.48. The first-order valence-electron chi connectivity index (χ1n) is 6.10. The highest BCUT2D eigenvalue weighted by Gasteiger charge is 2.09. The zero-order valence-electron chi connectivity index (χ0n) is 10.3. The standard InChI is InChI=1S/C16H13ClN2/c17-14-7-5-12(6-8-14)16(18)13-4-3-11-2-1-9-19-15(11)10-13/h1-10,16H,18H2.